The number of benzene rings is 2. The number of para-hydroxylation sites is 1. The van der Waals surface area contributed by atoms with Gasteiger partial charge in [0.05, 0.1) is 18.2 Å². The van der Waals surface area contributed by atoms with Crippen LogP contribution in [-0.4, -0.2) is 35.5 Å². The maximum Gasteiger partial charge on any atom is 0.272 e. The normalized spacial score (nSPS) is 17.7. The Labute approximate surface area is 159 Å². The summed E-state index contributed by atoms with van der Waals surface area (Å²) in [7, 11) is 0. The van der Waals surface area contributed by atoms with E-state index in [1.165, 1.54) is 0 Å². The summed E-state index contributed by atoms with van der Waals surface area (Å²) in [5.41, 5.74) is 2.47. The van der Waals surface area contributed by atoms with Crippen LogP contribution in [-0.2, 0) is 4.74 Å². The average Bonchev–Trinajstić information content (AvgIpc) is 3.24. The lowest BCUT2D eigenvalue weighted by Gasteiger charge is -2.31. The quantitative estimate of drug-likeness (QED) is 0.674. The van der Waals surface area contributed by atoms with E-state index < -0.39 is 0 Å². The smallest absolute Gasteiger partial charge is 0.272 e. The second kappa shape index (κ2) is 7.89. The van der Waals surface area contributed by atoms with Crippen LogP contribution in [0.5, 0.6) is 0 Å². The van der Waals surface area contributed by atoms with Gasteiger partial charge in [-0.3, -0.25) is 4.79 Å². The molecule has 1 aliphatic heterocycles. The van der Waals surface area contributed by atoms with Crippen LogP contribution in [0.15, 0.2) is 66.7 Å². The first kappa shape index (κ1) is 17.7. The van der Waals surface area contributed by atoms with Gasteiger partial charge in [0.15, 0.2) is 0 Å². The van der Waals surface area contributed by atoms with Crippen LogP contribution in [0.25, 0.3) is 10.9 Å². The van der Waals surface area contributed by atoms with Crippen molar-refractivity contribution in [3.63, 3.8) is 0 Å². The monoisotopic (exact) mass is 360 g/mol. The molecule has 1 aliphatic rings. The number of carbonyl (C=O) groups is 1. The summed E-state index contributed by atoms with van der Waals surface area (Å²) in [4.78, 5) is 20.0. The van der Waals surface area contributed by atoms with E-state index in [-0.39, 0.29) is 11.9 Å². The molecule has 2 heterocycles. The summed E-state index contributed by atoms with van der Waals surface area (Å²) in [6, 6.07) is 21.8. The fourth-order valence-corrected chi connectivity index (χ4v) is 3.67. The summed E-state index contributed by atoms with van der Waals surface area (Å²) >= 11 is 0. The number of fused-ring (bicyclic) bond motifs is 1. The molecule has 3 aromatic rings. The van der Waals surface area contributed by atoms with Crippen LogP contribution in [0.1, 0.15) is 35.4 Å². The molecule has 0 bridgehead atoms. The first-order valence-corrected chi connectivity index (χ1v) is 9.52. The Morgan fingerprint density at radius 3 is 2.67 bits per heavy atom. The molecule has 138 valence electrons. The van der Waals surface area contributed by atoms with Crippen molar-refractivity contribution >= 4 is 16.8 Å². The molecule has 4 nitrogen and oxygen atoms in total. The lowest BCUT2D eigenvalue weighted by molar-refractivity contribution is 0.0640. The zero-order chi connectivity index (χ0) is 18.6. The zero-order valence-electron chi connectivity index (χ0n) is 15.5. The van der Waals surface area contributed by atoms with Crippen molar-refractivity contribution in [3.8, 4) is 0 Å². The van der Waals surface area contributed by atoms with E-state index in [9.17, 15) is 4.79 Å². The Hall–Kier alpha value is -2.72. The van der Waals surface area contributed by atoms with Gasteiger partial charge in [-0.1, -0.05) is 54.6 Å². The third-order valence-electron chi connectivity index (χ3n) is 5.31. The molecule has 0 spiro atoms. The Balaban J connectivity index is 1.66. The number of nitrogens with zero attached hydrogens (tertiary/aromatic N) is 2. The van der Waals surface area contributed by atoms with Gasteiger partial charge in [-0.25, -0.2) is 4.98 Å². The summed E-state index contributed by atoms with van der Waals surface area (Å²) in [6.45, 7) is 4.27. The SMILES string of the molecule is CC(c1ccccc1)N(CC1CCOC1)C(=O)c1ccc2ccccc2n1. The predicted molar refractivity (Wildman–Crippen MR) is 107 cm³/mol. The Kier molecular flexibility index (Phi) is 5.16. The maximum atomic E-state index is 13.4. The highest BCUT2D eigenvalue weighted by Crippen LogP contribution is 2.26. The number of aromatic nitrogens is 1. The fraction of sp³-hybridized carbons (Fsp3) is 0.304. The first-order valence-electron chi connectivity index (χ1n) is 9.52. The van der Waals surface area contributed by atoms with Gasteiger partial charge in [-0.05, 0) is 31.0 Å². The minimum Gasteiger partial charge on any atom is -0.381 e. The van der Waals surface area contributed by atoms with Crippen LogP contribution in [0.3, 0.4) is 0 Å². The molecule has 27 heavy (non-hydrogen) atoms. The molecule has 1 fully saturated rings. The maximum absolute atomic E-state index is 13.4. The number of hydrogen-bond donors (Lipinski definition) is 0. The summed E-state index contributed by atoms with van der Waals surface area (Å²) in [5, 5.41) is 1.04. The molecule has 2 atom stereocenters. The van der Waals surface area contributed by atoms with Gasteiger partial charge in [-0.2, -0.15) is 0 Å². The Morgan fingerprint density at radius 1 is 1.11 bits per heavy atom. The van der Waals surface area contributed by atoms with E-state index in [1.807, 2.05) is 59.5 Å². The van der Waals surface area contributed by atoms with Crippen molar-refractivity contribution in [1.82, 2.24) is 9.88 Å². The largest absolute Gasteiger partial charge is 0.381 e. The van der Waals surface area contributed by atoms with Gasteiger partial charge in [0.1, 0.15) is 5.69 Å². The first-order chi connectivity index (χ1) is 13.2. The van der Waals surface area contributed by atoms with Crippen molar-refractivity contribution in [1.29, 1.82) is 0 Å². The third-order valence-corrected chi connectivity index (χ3v) is 5.31. The molecule has 2 unspecified atom stereocenters. The van der Waals surface area contributed by atoms with E-state index in [2.05, 4.69) is 24.0 Å². The molecule has 1 saturated heterocycles. The second-order valence-electron chi connectivity index (χ2n) is 7.16. The van der Waals surface area contributed by atoms with Crippen molar-refractivity contribution in [2.75, 3.05) is 19.8 Å². The molecule has 1 amide bonds. The van der Waals surface area contributed by atoms with E-state index in [0.29, 0.717) is 18.2 Å². The molecule has 0 radical (unpaired) electrons. The van der Waals surface area contributed by atoms with E-state index >= 15 is 0 Å². The highest BCUT2D eigenvalue weighted by atomic mass is 16.5. The molecule has 1 aromatic heterocycles. The molecule has 0 N–H and O–H groups in total. The molecular weight excluding hydrogens is 336 g/mol. The van der Waals surface area contributed by atoms with Gasteiger partial charge in [-0.15, -0.1) is 0 Å². The Morgan fingerprint density at radius 2 is 1.89 bits per heavy atom. The lowest BCUT2D eigenvalue weighted by Crippen LogP contribution is -2.38. The number of hydrogen-bond acceptors (Lipinski definition) is 3. The van der Waals surface area contributed by atoms with Crippen molar-refractivity contribution < 1.29 is 9.53 Å². The van der Waals surface area contributed by atoms with Gasteiger partial charge in [0.25, 0.3) is 5.91 Å². The summed E-state index contributed by atoms with van der Waals surface area (Å²) in [5.74, 6) is 0.351. The minimum absolute atomic E-state index is 0.0208. The fourth-order valence-electron chi connectivity index (χ4n) is 3.67. The third kappa shape index (κ3) is 3.86. The van der Waals surface area contributed by atoms with Crippen LogP contribution < -0.4 is 0 Å². The van der Waals surface area contributed by atoms with Gasteiger partial charge >= 0.3 is 0 Å². The van der Waals surface area contributed by atoms with E-state index in [1.54, 1.807) is 0 Å². The summed E-state index contributed by atoms with van der Waals surface area (Å²) < 4.78 is 5.53. The van der Waals surface area contributed by atoms with Crippen molar-refractivity contribution in [3.05, 3.63) is 78.0 Å². The van der Waals surface area contributed by atoms with Gasteiger partial charge in [0, 0.05) is 24.5 Å². The van der Waals surface area contributed by atoms with Gasteiger partial charge in [0.2, 0.25) is 0 Å². The molecule has 0 aliphatic carbocycles. The standard InChI is InChI=1S/C23H24N2O2/c1-17(19-7-3-2-4-8-19)25(15-18-13-14-27-16-18)23(26)22-12-11-20-9-5-6-10-21(20)24-22/h2-12,17-18H,13-16H2,1H3. The molecule has 4 rings (SSSR count). The average molecular weight is 360 g/mol. The number of pyridine rings is 1. The van der Waals surface area contributed by atoms with Crippen LogP contribution in [0.4, 0.5) is 0 Å². The van der Waals surface area contributed by atoms with Crippen molar-refractivity contribution in [2.24, 2.45) is 5.92 Å². The number of amides is 1. The number of ether oxygens (including phenoxy) is 1. The topological polar surface area (TPSA) is 42.4 Å². The molecule has 0 saturated carbocycles. The number of rotatable bonds is 5. The second-order valence-corrected chi connectivity index (χ2v) is 7.16. The molecular formula is C23H24N2O2. The number of carbonyl (C=O) groups excluding carboxylic acids is 1. The van der Waals surface area contributed by atoms with E-state index in [4.69, 9.17) is 4.74 Å². The highest BCUT2D eigenvalue weighted by Gasteiger charge is 2.28. The lowest BCUT2D eigenvalue weighted by atomic mass is 10.0. The molecule has 2 aromatic carbocycles. The van der Waals surface area contributed by atoms with Crippen molar-refractivity contribution in [2.45, 2.75) is 19.4 Å². The van der Waals surface area contributed by atoms with Crippen LogP contribution in [0.2, 0.25) is 0 Å². The molecule has 4 heteroatoms. The Bertz CT molecular complexity index is 920. The van der Waals surface area contributed by atoms with Crippen LogP contribution >= 0.6 is 0 Å². The zero-order valence-corrected chi connectivity index (χ0v) is 15.5. The highest BCUT2D eigenvalue weighted by molar-refractivity contribution is 5.95. The van der Waals surface area contributed by atoms with Crippen LogP contribution in [0, 0.1) is 5.92 Å². The summed E-state index contributed by atoms with van der Waals surface area (Å²) in [6.07, 6.45) is 0.996. The van der Waals surface area contributed by atoms with Gasteiger partial charge < -0.3 is 9.64 Å². The minimum atomic E-state index is -0.0241. The van der Waals surface area contributed by atoms with E-state index in [0.717, 1.165) is 36.1 Å². The predicted octanol–water partition coefficient (Wildman–Crippen LogP) is 4.47.